The summed E-state index contributed by atoms with van der Waals surface area (Å²) >= 11 is 5.36. The summed E-state index contributed by atoms with van der Waals surface area (Å²) in [6, 6.07) is 4.31. The van der Waals surface area contributed by atoms with Gasteiger partial charge in [-0.1, -0.05) is 23.7 Å². The third-order valence-corrected chi connectivity index (χ3v) is 2.26. The Kier molecular flexibility index (Phi) is 3.73. The van der Waals surface area contributed by atoms with Crippen LogP contribution in [0.3, 0.4) is 0 Å². The van der Waals surface area contributed by atoms with Crippen LogP contribution in [-0.4, -0.2) is 12.0 Å². The van der Waals surface area contributed by atoms with Crippen molar-refractivity contribution in [3.8, 4) is 6.07 Å². The summed E-state index contributed by atoms with van der Waals surface area (Å²) in [5.41, 5.74) is -0.678. The lowest BCUT2D eigenvalue weighted by atomic mass is 9.95. The minimum Gasteiger partial charge on any atom is -0.288 e. The molecule has 0 heterocycles. The van der Waals surface area contributed by atoms with Crippen LogP contribution in [0.25, 0.3) is 0 Å². The van der Waals surface area contributed by atoms with E-state index in [9.17, 15) is 22.4 Å². The first kappa shape index (κ1) is 13.5. The Bertz CT molecular complexity index is 492. The van der Waals surface area contributed by atoms with Crippen molar-refractivity contribution in [3.63, 3.8) is 0 Å². The maximum atomic E-state index is 13.4. The maximum absolute atomic E-state index is 13.4. The van der Waals surface area contributed by atoms with E-state index in [1.807, 2.05) is 0 Å². The lowest BCUT2D eigenvalue weighted by molar-refractivity contribution is -0.171. The fraction of sp³-hybridized carbons (Fsp3) is 0.200. The molecule has 2 nitrogen and oxygen atoms in total. The molecule has 1 aromatic rings. The second-order valence-electron chi connectivity index (χ2n) is 3.07. The summed E-state index contributed by atoms with van der Waals surface area (Å²) < 4.78 is 49.8. The number of hydrogen-bond acceptors (Lipinski definition) is 2. The van der Waals surface area contributed by atoms with Crippen molar-refractivity contribution in [3.05, 3.63) is 34.6 Å². The Hall–Kier alpha value is -1.61. The molecule has 0 aliphatic heterocycles. The van der Waals surface area contributed by atoms with Crippen molar-refractivity contribution in [2.45, 2.75) is 12.1 Å². The summed E-state index contributed by atoms with van der Waals surface area (Å²) in [4.78, 5) is 10.9. The molecule has 1 atom stereocenters. The van der Waals surface area contributed by atoms with Gasteiger partial charge in [0.1, 0.15) is 11.7 Å². The molecule has 0 spiro atoms. The third kappa shape index (κ3) is 2.74. The molecule has 90 valence electrons. The van der Waals surface area contributed by atoms with E-state index in [0.717, 1.165) is 24.3 Å². The van der Waals surface area contributed by atoms with E-state index in [4.69, 9.17) is 16.9 Å². The van der Waals surface area contributed by atoms with E-state index < -0.39 is 34.3 Å². The molecule has 0 aliphatic carbocycles. The Morgan fingerprint density at radius 1 is 1.41 bits per heavy atom. The Balaban J connectivity index is 3.26. The van der Waals surface area contributed by atoms with Crippen molar-refractivity contribution in [2.24, 2.45) is 0 Å². The number of ketones is 1. The topological polar surface area (TPSA) is 40.9 Å². The highest BCUT2D eigenvalue weighted by molar-refractivity contribution is 6.30. The molecule has 17 heavy (non-hydrogen) atoms. The maximum Gasteiger partial charge on any atom is 0.451 e. The molecular weight excluding hydrogens is 262 g/mol. The SMILES string of the molecule is N#CC(C(=O)C(F)(F)F)c1cccc(Cl)c1F. The van der Waals surface area contributed by atoms with Gasteiger partial charge in [0.15, 0.2) is 0 Å². The first-order valence-electron chi connectivity index (χ1n) is 4.23. The summed E-state index contributed by atoms with van der Waals surface area (Å²) in [6.07, 6.45) is -5.20. The standard InChI is InChI=1S/C10H4ClF4NO/c11-7-3-1-2-5(8(7)12)6(4-16)9(17)10(13,14)15/h1-3,6H. The predicted molar refractivity (Wildman–Crippen MR) is 50.8 cm³/mol. The lowest BCUT2D eigenvalue weighted by Gasteiger charge is -2.12. The summed E-state index contributed by atoms with van der Waals surface area (Å²) in [6.45, 7) is 0. The van der Waals surface area contributed by atoms with Crippen molar-refractivity contribution < 1.29 is 22.4 Å². The van der Waals surface area contributed by atoms with Crippen LogP contribution in [0.15, 0.2) is 18.2 Å². The summed E-state index contributed by atoms with van der Waals surface area (Å²) in [5, 5.41) is 8.10. The number of carbonyl (C=O) groups is 1. The van der Waals surface area contributed by atoms with Gasteiger partial charge >= 0.3 is 6.18 Å². The second kappa shape index (κ2) is 4.72. The van der Waals surface area contributed by atoms with Crippen molar-refractivity contribution in [1.29, 1.82) is 5.26 Å². The Labute approximate surface area is 98.4 Å². The van der Waals surface area contributed by atoms with E-state index >= 15 is 0 Å². The average molecular weight is 266 g/mol. The fourth-order valence-electron chi connectivity index (χ4n) is 1.18. The van der Waals surface area contributed by atoms with Crippen LogP contribution in [-0.2, 0) is 4.79 Å². The highest BCUT2D eigenvalue weighted by Crippen LogP contribution is 2.30. The van der Waals surface area contributed by atoms with E-state index in [0.29, 0.717) is 0 Å². The first-order chi connectivity index (χ1) is 7.79. The van der Waals surface area contributed by atoms with Crippen LogP contribution < -0.4 is 0 Å². The number of hydrogen-bond donors (Lipinski definition) is 0. The van der Waals surface area contributed by atoms with Crippen LogP contribution >= 0.6 is 11.6 Å². The molecule has 0 fully saturated rings. The number of halogens is 5. The van der Waals surface area contributed by atoms with Gasteiger partial charge in [-0.2, -0.15) is 18.4 Å². The molecule has 0 aliphatic rings. The van der Waals surface area contributed by atoms with Gasteiger partial charge in [-0.25, -0.2) is 4.39 Å². The molecule has 1 unspecified atom stereocenters. The smallest absolute Gasteiger partial charge is 0.288 e. The second-order valence-corrected chi connectivity index (χ2v) is 3.47. The van der Waals surface area contributed by atoms with Crippen LogP contribution in [0.2, 0.25) is 5.02 Å². The number of benzene rings is 1. The van der Waals surface area contributed by atoms with E-state index in [1.54, 1.807) is 0 Å². The first-order valence-corrected chi connectivity index (χ1v) is 4.61. The lowest BCUT2D eigenvalue weighted by Crippen LogP contribution is -2.29. The zero-order chi connectivity index (χ0) is 13.2. The number of rotatable bonds is 2. The van der Waals surface area contributed by atoms with Crippen LogP contribution in [0, 0.1) is 17.1 Å². The number of carbonyl (C=O) groups excluding carboxylic acids is 1. The summed E-state index contributed by atoms with van der Waals surface area (Å²) in [7, 11) is 0. The molecule has 0 saturated heterocycles. The van der Waals surface area contributed by atoms with Gasteiger partial charge in [0, 0.05) is 5.56 Å². The Morgan fingerprint density at radius 3 is 2.47 bits per heavy atom. The molecule has 0 bridgehead atoms. The van der Waals surface area contributed by atoms with E-state index in [2.05, 4.69) is 0 Å². The van der Waals surface area contributed by atoms with Crippen molar-refractivity contribution >= 4 is 17.4 Å². The largest absolute Gasteiger partial charge is 0.451 e. The summed E-state index contributed by atoms with van der Waals surface area (Å²) in [5.74, 6) is -5.76. The van der Waals surface area contributed by atoms with Gasteiger partial charge in [0.2, 0.25) is 0 Å². The molecule has 0 amide bonds. The van der Waals surface area contributed by atoms with Crippen LogP contribution in [0.5, 0.6) is 0 Å². The number of Topliss-reactive ketones (excluding diaryl/α,β-unsaturated/α-hetero) is 1. The third-order valence-electron chi connectivity index (χ3n) is 1.96. The molecule has 0 N–H and O–H groups in total. The van der Waals surface area contributed by atoms with E-state index in [-0.39, 0.29) is 0 Å². The normalized spacial score (nSPS) is 12.9. The zero-order valence-electron chi connectivity index (χ0n) is 8.05. The van der Waals surface area contributed by atoms with Crippen LogP contribution in [0.4, 0.5) is 17.6 Å². The van der Waals surface area contributed by atoms with Gasteiger partial charge in [0.25, 0.3) is 5.78 Å². The number of alkyl halides is 3. The molecule has 0 radical (unpaired) electrons. The molecule has 1 aromatic carbocycles. The van der Waals surface area contributed by atoms with Gasteiger partial charge < -0.3 is 0 Å². The molecule has 7 heteroatoms. The zero-order valence-corrected chi connectivity index (χ0v) is 8.81. The van der Waals surface area contributed by atoms with Crippen molar-refractivity contribution in [2.75, 3.05) is 0 Å². The van der Waals surface area contributed by atoms with Crippen molar-refractivity contribution in [1.82, 2.24) is 0 Å². The predicted octanol–water partition coefficient (Wildman–Crippen LogP) is 3.22. The molecule has 1 rings (SSSR count). The number of nitriles is 1. The minimum atomic E-state index is -5.20. The molecular formula is C10H4ClF4NO. The van der Waals surface area contributed by atoms with Crippen LogP contribution in [0.1, 0.15) is 11.5 Å². The Morgan fingerprint density at radius 2 is 2.00 bits per heavy atom. The van der Waals surface area contributed by atoms with Gasteiger partial charge in [0.05, 0.1) is 11.1 Å². The molecule has 0 saturated carbocycles. The quantitative estimate of drug-likeness (QED) is 0.771. The van der Waals surface area contributed by atoms with E-state index in [1.165, 1.54) is 0 Å². The highest BCUT2D eigenvalue weighted by atomic mass is 35.5. The fourth-order valence-corrected chi connectivity index (χ4v) is 1.36. The van der Waals surface area contributed by atoms with Gasteiger partial charge in [-0.05, 0) is 6.07 Å². The highest BCUT2D eigenvalue weighted by Gasteiger charge is 2.45. The van der Waals surface area contributed by atoms with Gasteiger partial charge in [-0.3, -0.25) is 4.79 Å². The molecule has 0 aromatic heterocycles. The minimum absolute atomic E-state index is 0.447. The monoisotopic (exact) mass is 265 g/mol. The van der Waals surface area contributed by atoms with Gasteiger partial charge in [-0.15, -0.1) is 0 Å². The number of nitrogens with zero attached hydrogens (tertiary/aromatic N) is 1. The average Bonchev–Trinajstić information content (AvgIpc) is 2.23.